The first-order chi connectivity index (χ1) is 9.69. The van der Waals surface area contributed by atoms with Gasteiger partial charge in [0, 0.05) is 19.5 Å². The SMILES string of the molecule is CCCCCCCCCN1CCC(=O)C(C(=O)OC)C1. The Morgan fingerprint density at radius 2 is 1.85 bits per heavy atom. The van der Waals surface area contributed by atoms with Crippen molar-refractivity contribution in [2.75, 3.05) is 26.7 Å². The molecule has 0 radical (unpaired) electrons. The van der Waals surface area contributed by atoms with Crippen molar-refractivity contribution in [3.8, 4) is 0 Å². The Balaban J connectivity index is 2.15. The Kier molecular flexibility index (Phi) is 8.51. The lowest BCUT2D eigenvalue weighted by molar-refractivity contribution is -0.151. The van der Waals surface area contributed by atoms with Crippen LogP contribution in [0.4, 0.5) is 0 Å². The third-order valence-electron chi connectivity index (χ3n) is 4.07. The molecule has 1 saturated heterocycles. The van der Waals surface area contributed by atoms with E-state index in [0.717, 1.165) is 19.5 Å². The van der Waals surface area contributed by atoms with Crippen LogP contribution in [-0.4, -0.2) is 43.4 Å². The van der Waals surface area contributed by atoms with Crippen molar-refractivity contribution in [1.82, 2.24) is 4.90 Å². The minimum atomic E-state index is -0.557. The van der Waals surface area contributed by atoms with Crippen molar-refractivity contribution in [2.45, 2.75) is 58.3 Å². The molecule has 1 unspecified atom stereocenters. The Labute approximate surface area is 122 Å². The minimum absolute atomic E-state index is 0.0349. The number of ether oxygens (including phenoxy) is 1. The van der Waals surface area contributed by atoms with Gasteiger partial charge in [-0.2, -0.15) is 0 Å². The Hall–Kier alpha value is -0.900. The number of carbonyl (C=O) groups excluding carboxylic acids is 2. The largest absolute Gasteiger partial charge is 0.468 e. The van der Waals surface area contributed by atoms with Crippen LogP contribution in [0.5, 0.6) is 0 Å². The highest BCUT2D eigenvalue weighted by Crippen LogP contribution is 2.16. The van der Waals surface area contributed by atoms with Gasteiger partial charge in [-0.25, -0.2) is 0 Å². The van der Waals surface area contributed by atoms with Crippen molar-refractivity contribution in [2.24, 2.45) is 5.92 Å². The van der Waals surface area contributed by atoms with E-state index >= 15 is 0 Å². The first-order valence-electron chi connectivity index (χ1n) is 8.02. The maximum Gasteiger partial charge on any atom is 0.317 e. The number of ketones is 1. The minimum Gasteiger partial charge on any atom is -0.468 e. The fraction of sp³-hybridized carbons (Fsp3) is 0.875. The summed E-state index contributed by atoms with van der Waals surface area (Å²) in [4.78, 5) is 25.5. The van der Waals surface area contributed by atoms with Crippen LogP contribution in [0.1, 0.15) is 58.3 Å². The number of Topliss-reactive ketones (excluding diaryl/α,β-unsaturated/α-hetero) is 1. The molecule has 1 heterocycles. The number of hydrogen-bond donors (Lipinski definition) is 0. The van der Waals surface area contributed by atoms with Gasteiger partial charge >= 0.3 is 5.97 Å². The van der Waals surface area contributed by atoms with Crippen LogP contribution < -0.4 is 0 Å². The molecule has 0 bridgehead atoms. The van der Waals surface area contributed by atoms with E-state index in [4.69, 9.17) is 4.74 Å². The number of unbranched alkanes of at least 4 members (excludes halogenated alkanes) is 6. The summed E-state index contributed by atoms with van der Waals surface area (Å²) in [6.45, 7) is 4.56. The van der Waals surface area contributed by atoms with E-state index in [2.05, 4.69) is 11.8 Å². The average Bonchev–Trinajstić information content (AvgIpc) is 2.47. The van der Waals surface area contributed by atoms with Gasteiger partial charge in [0.25, 0.3) is 0 Å². The number of methoxy groups -OCH3 is 1. The summed E-state index contributed by atoms with van der Waals surface area (Å²) in [6.07, 6.45) is 9.50. The molecular weight excluding hydrogens is 254 g/mol. The van der Waals surface area contributed by atoms with Crippen molar-refractivity contribution < 1.29 is 14.3 Å². The fourth-order valence-electron chi connectivity index (χ4n) is 2.74. The molecule has 0 aromatic carbocycles. The third-order valence-corrected chi connectivity index (χ3v) is 4.07. The summed E-state index contributed by atoms with van der Waals surface area (Å²) in [5, 5.41) is 0. The molecule has 1 atom stereocenters. The van der Waals surface area contributed by atoms with Crippen LogP contribution in [0.3, 0.4) is 0 Å². The molecule has 4 nitrogen and oxygen atoms in total. The number of carbonyl (C=O) groups is 2. The van der Waals surface area contributed by atoms with Crippen molar-refractivity contribution >= 4 is 11.8 Å². The van der Waals surface area contributed by atoms with Gasteiger partial charge < -0.3 is 9.64 Å². The van der Waals surface area contributed by atoms with E-state index in [-0.39, 0.29) is 11.8 Å². The monoisotopic (exact) mass is 283 g/mol. The van der Waals surface area contributed by atoms with Crippen LogP contribution in [0.25, 0.3) is 0 Å². The highest BCUT2D eigenvalue weighted by atomic mass is 16.5. The molecule has 1 fully saturated rings. The molecule has 0 aliphatic carbocycles. The molecule has 4 heteroatoms. The number of rotatable bonds is 9. The van der Waals surface area contributed by atoms with Gasteiger partial charge in [-0.1, -0.05) is 45.4 Å². The second-order valence-corrected chi connectivity index (χ2v) is 5.71. The normalized spacial score (nSPS) is 20.1. The zero-order chi connectivity index (χ0) is 14.8. The predicted molar refractivity (Wildman–Crippen MR) is 79.6 cm³/mol. The third kappa shape index (κ3) is 6.04. The van der Waals surface area contributed by atoms with Crippen molar-refractivity contribution in [3.05, 3.63) is 0 Å². The van der Waals surface area contributed by atoms with Gasteiger partial charge in [-0.15, -0.1) is 0 Å². The standard InChI is InChI=1S/C16H29NO3/c1-3-4-5-6-7-8-9-11-17-12-10-15(18)14(13-17)16(19)20-2/h14H,3-13H2,1-2H3. The number of piperidine rings is 1. The number of hydrogen-bond acceptors (Lipinski definition) is 4. The van der Waals surface area contributed by atoms with Crippen LogP contribution in [0.2, 0.25) is 0 Å². The van der Waals surface area contributed by atoms with E-state index in [1.807, 2.05) is 0 Å². The fourth-order valence-corrected chi connectivity index (χ4v) is 2.74. The van der Waals surface area contributed by atoms with Crippen LogP contribution in [0, 0.1) is 5.92 Å². The Bertz CT molecular complexity index is 296. The van der Waals surface area contributed by atoms with Crippen LogP contribution in [0.15, 0.2) is 0 Å². The van der Waals surface area contributed by atoms with Gasteiger partial charge in [-0.3, -0.25) is 9.59 Å². The van der Waals surface area contributed by atoms with Gasteiger partial charge in [0.1, 0.15) is 11.7 Å². The summed E-state index contributed by atoms with van der Waals surface area (Å²) >= 11 is 0. The molecule has 0 amide bonds. The summed E-state index contributed by atoms with van der Waals surface area (Å²) in [6, 6.07) is 0. The van der Waals surface area contributed by atoms with Gasteiger partial charge in [-0.05, 0) is 13.0 Å². The Morgan fingerprint density at radius 1 is 1.20 bits per heavy atom. The van der Waals surface area contributed by atoms with Crippen LogP contribution in [-0.2, 0) is 14.3 Å². The lowest BCUT2D eigenvalue weighted by Gasteiger charge is -2.30. The van der Waals surface area contributed by atoms with Gasteiger partial charge in [0.05, 0.1) is 7.11 Å². The lowest BCUT2D eigenvalue weighted by Crippen LogP contribution is -2.44. The van der Waals surface area contributed by atoms with Crippen LogP contribution >= 0.6 is 0 Å². The first kappa shape index (κ1) is 17.2. The summed E-state index contributed by atoms with van der Waals surface area (Å²) in [5.74, 6) is -0.898. The summed E-state index contributed by atoms with van der Waals surface area (Å²) in [7, 11) is 1.35. The second-order valence-electron chi connectivity index (χ2n) is 5.71. The maximum atomic E-state index is 11.7. The Morgan fingerprint density at radius 3 is 2.50 bits per heavy atom. The highest BCUT2D eigenvalue weighted by molar-refractivity contribution is 5.99. The van der Waals surface area contributed by atoms with E-state index in [0.29, 0.717) is 13.0 Å². The summed E-state index contributed by atoms with van der Waals surface area (Å²) in [5.41, 5.74) is 0. The zero-order valence-corrected chi connectivity index (χ0v) is 13.0. The van der Waals surface area contributed by atoms with Gasteiger partial charge in [0.2, 0.25) is 0 Å². The van der Waals surface area contributed by atoms with Gasteiger partial charge in [0.15, 0.2) is 0 Å². The van der Waals surface area contributed by atoms with E-state index in [1.54, 1.807) is 0 Å². The number of nitrogens with zero attached hydrogens (tertiary/aromatic N) is 1. The zero-order valence-electron chi connectivity index (χ0n) is 13.0. The van der Waals surface area contributed by atoms with Crippen molar-refractivity contribution in [3.63, 3.8) is 0 Å². The molecule has 1 aliphatic heterocycles. The second kappa shape index (κ2) is 9.92. The average molecular weight is 283 g/mol. The molecule has 116 valence electrons. The van der Waals surface area contributed by atoms with E-state index in [1.165, 1.54) is 45.6 Å². The number of esters is 1. The molecule has 0 spiro atoms. The van der Waals surface area contributed by atoms with E-state index in [9.17, 15) is 9.59 Å². The van der Waals surface area contributed by atoms with Crippen molar-refractivity contribution in [1.29, 1.82) is 0 Å². The number of likely N-dealkylation sites (tertiary alicyclic amines) is 1. The molecule has 1 aliphatic rings. The molecule has 20 heavy (non-hydrogen) atoms. The molecule has 0 aromatic heterocycles. The highest BCUT2D eigenvalue weighted by Gasteiger charge is 2.33. The lowest BCUT2D eigenvalue weighted by atomic mass is 9.96. The predicted octanol–water partition coefficient (Wildman–Crippen LogP) is 2.80. The topological polar surface area (TPSA) is 46.6 Å². The molecule has 0 saturated carbocycles. The smallest absolute Gasteiger partial charge is 0.317 e. The maximum absolute atomic E-state index is 11.7. The molecule has 0 N–H and O–H groups in total. The molecule has 1 rings (SSSR count). The van der Waals surface area contributed by atoms with E-state index < -0.39 is 5.92 Å². The molecule has 0 aromatic rings. The summed E-state index contributed by atoms with van der Waals surface area (Å²) < 4.78 is 4.70. The quantitative estimate of drug-likeness (QED) is 0.371. The first-order valence-corrected chi connectivity index (χ1v) is 8.02. The molecular formula is C16H29NO3.